The summed E-state index contributed by atoms with van der Waals surface area (Å²) in [5, 5.41) is 11.0. The molecule has 2 rings (SSSR count). The summed E-state index contributed by atoms with van der Waals surface area (Å²) in [6.45, 7) is 11.0. The van der Waals surface area contributed by atoms with Gasteiger partial charge in [-0.1, -0.05) is 25.7 Å². The van der Waals surface area contributed by atoms with Gasteiger partial charge in [-0.2, -0.15) is 0 Å². The Morgan fingerprint density at radius 1 is 0.700 bits per heavy atom. The lowest BCUT2D eigenvalue weighted by Gasteiger charge is -2.27. The molecule has 0 heterocycles. The summed E-state index contributed by atoms with van der Waals surface area (Å²) in [5.41, 5.74) is 7.94. The number of benzene rings is 1. The van der Waals surface area contributed by atoms with E-state index in [2.05, 4.69) is 34.6 Å². The molecule has 0 aromatic heterocycles. The normalized spacial score (nSPS) is 18.9. The lowest BCUT2D eigenvalue weighted by Crippen LogP contribution is -2.16. The Hall–Kier alpha value is -0.820. The van der Waals surface area contributed by atoms with Crippen LogP contribution in [0.5, 0.6) is 0 Å². The molecule has 20 heavy (non-hydrogen) atoms. The van der Waals surface area contributed by atoms with E-state index in [0.717, 1.165) is 0 Å². The van der Waals surface area contributed by atoms with Gasteiger partial charge in [0.2, 0.25) is 0 Å². The first-order valence-electron chi connectivity index (χ1n) is 8.20. The molecule has 1 atom stereocenters. The van der Waals surface area contributed by atoms with Crippen molar-refractivity contribution in [3.8, 4) is 0 Å². The minimum absolute atomic E-state index is 0.272. The fourth-order valence-electron chi connectivity index (χ4n) is 3.84. The molecule has 1 aromatic rings. The highest BCUT2D eigenvalue weighted by Gasteiger charge is 2.26. The van der Waals surface area contributed by atoms with Gasteiger partial charge >= 0.3 is 0 Å². The van der Waals surface area contributed by atoms with Gasteiger partial charge in [-0.25, -0.2) is 0 Å². The highest BCUT2D eigenvalue weighted by atomic mass is 16.3. The van der Waals surface area contributed by atoms with Gasteiger partial charge in [0.1, 0.15) is 0 Å². The first-order valence-corrected chi connectivity index (χ1v) is 8.20. The zero-order valence-electron chi connectivity index (χ0n) is 13.8. The van der Waals surface area contributed by atoms with Crippen molar-refractivity contribution < 1.29 is 5.11 Å². The first-order chi connectivity index (χ1) is 9.45. The Labute approximate surface area is 124 Å². The average Bonchev–Trinajstić information content (AvgIpc) is 2.72. The van der Waals surface area contributed by atoms with Crippen molar-refractivity contribution in [3.05, 3.63) is 33.4 Å². The van der Waals surface area contributed by atoms with Gasteiger partial charge < -0.3 is 5.11 Å². The van der Waals surface area contributed by atoms with E-state index in [4.69, 9.17) is 0 Å². The van der Waals surface area contributed by atoms with Crippen molar-refractivity contribution >= 4 is 0 Å². The first kappa shape index (κ1) is 15.6. The van der Waals surface area contributed by atoms with Crippen LogP contribution in [0.3, 0.4) is 0 Å². The van der Waals surface area contributed by atoms with Gasteiger partial charge in [-0.3, -0.25) is 0 Å². The Morgan fingerprint density at radius 2 is 1.10 bits per heavy atom. The van der Waals surface area contributed by atoms with Crippen molar-refractivity contribution in [1.29, 1.82) is 0 Å². The van der Waals surface area contributed by atoms with Crippen molar-refractivity contribution in [3.63, 3.8) is 0 Å². The third-order valence-corrected chi connectivity index (χ3v) is 5.70. The number of aliphatic hydroxyl groups excluding tert-OH is 1. The standard InChI is InChI=1S/C19H30O/c1-12-13(2)15(4)18(16(5)14(12)3)19(20)17-10-8-6-7-9-11-17/h17,19-20H,6-11H2,1-5H3. The lowest BCUT2D eigenvalue weighted by atomic mass is 9.81. The van der Waals surface area contributed by atoms with Crippen LogP contribution in [-0.2, 0) is 0 Å². The highest BCUT2D eigenvalue weighted by Crippen LogP contribution is 2.38. The van der Waals surface area contributed by atoms with Crippen LogP contribution in [-0.4, -0.2) is 5.11 Å². The Bertz CT molecular complexity index is 450. The number of hydrogen-bond donors (Lipinski definition) is 1. The molecule has 1 nitrogen and oxygen atoms in total. The molecule has 0 bridgehead atoms. The van der Waals surface area contributed by atoms with Crippen LogP contribution in [0, 0.1) is 40.5 Å². The van der Waals surface area contributed by atoms with E-state index in [1.54, 1.807) is 0 Å². The van der Waals surface area contributed by atoms with Crippen LogP contribution in [0.2, 0.25) is 0 Å². The maximum atomic E-state index is 11.0. The Balaban J connectivity index is 2.41. The minimum Gasteiger partial charge on any atom is -0.388 e. The molecule has 1 unspecified atom stereocenters. The molecule has 1 saturated carbocycles. The largest absolute Gasteiger partial charge is 0.388 e. The molecule has 0 radical (unpaired) electrons. The van der Waals surface area contributed by atoms with Crippen LogP contribution in [0.1, 0.15) is 78.0 Å². The smallest absolute Gasteiger partial charge is 0.0823 e. The van der Waals surface area contributed by atoms with Gasteiger partial charge in [0, 0.05) is 0 Å². The second-order valence-corrected chi connectivity index (χ2v) is 6.74. The maximum absolute atomic E-state index is 11.0. The number of aliphatic hydroxyl groups is 1. The van der Waals surface area contributed by atoms with Crippen molar-refractivity contribution in [2.75, 3.05) is 0 Å². The predicted octanol–water partition coefficient (Wildman–Crippen LogP) is 5.23. The van der Waals surface area contributed by atoms with E-state index in [1.807, 2.05) is 0 Å². The predicted molar refractivity (Wildman–Crippen MR) is 86.3 cm³/mol. The molecule has 1 heteroatoms. The highest BCUT2D eigenvalue weighted by molar-refractivity contribution is 5.50. The molecule has 1 aliphatic carbocycles. The fourth-order valence-corrected chi connectivity index (χ4v) is 3.84. The summed E-state index contributed by atoms with van der Waals surface area (Å²) in [7, 11) is 0. The number of rotatable bonds is 2. The van der Waals surface area contributed by atoms with E-state index < -0.39 is 0 Å². The molecular formula is C19H30O. The quantitative estimate of drug-likeness (QED) is 0.732. The third kappa shape index (κ3) is 2.79. The SMILES string of the molecule is Cc1c(C)c(C)c(C(O)C2CCCCCC2)c(C)c1C. The van der Waals surface area contributed by atoms with Gasteiger partial charge in [-0.15, -0.1) is 0 Å². The molecule has 0 spiro atoms. The molecule has 1 fully saturated rings. The van der Waals surface area contributed by atoms with E-state index in [-0.39, 0.29) is 6.10 Å². The molecule has 112 valence electrons. The molecule has 1 aliphatic rings. The summed E-state index contributed by atoms with van der Waals surface area (Å²) >= 11 is 0. The average molecular weight is 274 g/mol. The Kier molecular flexibility index (Phi) is 4.90. The third-order valence-electron chi connectivity index (χ3n) is 5.70. The van der Waals surface area contributed by atoms with Gasteiger partial charge in [0.25, 0.3) is 0 Å². The lowest BCUT2D eigenvalue weighted by molar-refractivity contribution is 0.0975. The van der Waals surface area contributed by atoms with Crippen molar-refractivity contribution in [2.45, 2.75) is 79.2 Å². The van der Waals surface area contributed by atoms with E-state index in [9.17, 15) is 5.11 Å². The molecule has 1 aromatic carbocycles. The molecule has 0 aliphatic heterocycles. The summed E-state index contributed by atoms with van der Waals surface area (Å²) in [4.78, 5) is 0. The minimum atomic E-state index is -0.272. The van der Waals surface area contributed by atoms with E-state index >= 15 is 0 Å². The monoisotopic (exact) mass is 274 g/mol. The summed E-state index contributed by atoms with van der Waals surface area (Å²) in [6.07, 6.45) is 7.34. The number of hydrogen-bond acceptors (Lipinski definition) is 1. The molecule has 1 N–H and O–H groups in total. The van der Waals surface area contributed by atoms with E-state index in [0.29, 0.717) is 5.92 Å². The topological polar surface area (TPSA) is 20.2 Å². The fraction of sp³-hybridized carbons (Fsp3) is 0.684. The van der Waals surface area contributed by atoms with Gasteiger partial charge in [0.15, 0.2) is 0 Å². The molecule has 0 saturated heterocycles. The van der Waals surface area contributed by atoms with Crippen LogP contribution in [0.4, 0.5) is 0 Å². The van der Waals surface area contributed by atoms with Crippen LogP contribution >= 0.6 is 0 Å². The maximum Gasteiger partial charge on any atom is 0.0823 e. The zero-order chi connectivity index (χ0) is 14.9. The van der Waals surface area contributed by atoms with Crippen molar-refractivity contribution in [1.82, 2.24) is 0 Å². The zero-order valence-corrected chi connectivity index (χ0v) is 13.8. The van der Waals surface area contributed by atoms with Crippen LogP contribution in [0.15, 0.2) is 0 Å². The van der Waals surface area contributed by atoms with Crippen LogP contribution < -0.4 is 0 Å². The molecular weight excluding hydrogens is 244 g/mol. The van der Waals surface area contributed by atoms with Gasteiger partial charge in [-0.05, 0) is 86.8 Å². The molecule has 0 amide bonds. The second-order valence-electron chi connectivity index (χ2n) is 6.74. The van der Waals surface area contributed by atoms with E-state index in [1.165, 1.54) is 71.9 Å². The second kappa shape index (κ2) is 6.30. The van der Waals surface area contributed by atoms with Crippen LogP contribution in [0.25, 0.3) is 0 Å². The summed E-state index contributed by atoms with van der Waals surface area (Å²) in [6, 6.07) is 0. The summed E-state index contributed by atoms with van der Waals surface area (Å²) in [5.74, 6) is 0.455. The Morgan fingerprint density at radius 3 is 1.55 bits per heavy atom. The van der Waals surface area contributed by atoms with Gasteiger partial charge in [0.05, 0.1) is 6.10 Å². The summed E-state index contributed by atoms with van der Waals surface area (Å²) < 4.78 is 0. The van der Waals surface area contributed by atoms with Crippen molar-refractivity contribution in [2.24, 2.45) is 5.92 Å².